The van der Waals surface area contributed by atoms with Crippen molar-refractivity contribution in [1.82, 2.24) is 14.4 Å². The van der Waals surface area contributed by atoms with Gasteiger partial charge in [-0.25, -0.2) is 8.42 Å². The predicted octanol–water partition coefficient (Wildman–Crippen LogP) is 4.27. The molecular formula is C24H24ClN3O4S. The van der Waals surface area contributed by atoms with Crippen LogP contribution in [0.25, 0.3) is 11.4 Å². The molecule has 3 unspecified atom stereocenters. The quantitative estimate of drug-likeness (QED) is 0.560. The van der Waals surface area contributed by atoms with Crippen molar-refractivity contribution >= 4 is 21.6 Å². The van der Waals surface area contributed by atoms with Crippen molar-refractivity contribution in [3.8, 4) is 11.4 Å². The highest BCUT2D eigenvalue weighted by atomic mass is 35.5. The van der Waals surface area contributed by atoms with Crippen molar-refractivity contribution in [2.75, 3.05) is 0 Å². The van der Waals surface area contributed by atoms with Gasteiger partial charge >= 0.3 is 0 Å². The second-order valence-electron chi connectivity index (χ2n) is 9.56. The fourth-order valence-electron chi connectivity index (χ4n) is 6.12. The van der Waals surface area contributed by atoms with E-state index in [-0.39, 0.29) is 34.4 Å². The molecule has 0 saturated heterocycles. The van der Waals surface area contributed by atoms with Crippen LogP contribution >= 0.6 is 11.6 Å². The number of aliphatic hydroxyl groups is 1. The molecule has 6 rings (SSSR count). The third-order valence-electron chi connectivity index (χ3n) is 7.99. The first-order chi connectivity index (χ1) is 15.9. The summed E-state index contributed by atoms with van der Waals surface area (Å²) in [6.45, 7) is 0.260. The van der Waals surface area contributed by atoms with Crippen LogP contribution in [0, 0.1) is 10.8 Å². The smallest absolute Gasteiger partial charge is 0.243 e. The largest absolute Gasteiger partial charge is 0.393 e. The maximum absolute atomic E-state index is 13.8. The standard InChI is InChI=1S/C24H24ClN3O4S/c25-18-6-8-19(9-7-18)33(30,31)28(20-12-23(20)10-1-11-24(23)13-21(24)29)14-16-2-4-17(5-3-16)22-26-15-32-27-22/h2-9,15,20-21,29H,1,10-14H2/t20?,21-,23?,24?/m0/s1. The predicted molar refractivity (Wildman–Crippen MR) is 122 cm³/mol. The number of hydrogen-bond acceptors (Lipinski definition) is 6. The Morgan fingerprint density at radius 3 is 2.39 bits per heavy atom. The second-order valence-corrected chi connectivity index (χ2v) is 11.9. The van der Waals surface area contributed by atoms with Crippen molar-refractivity contribution in [3.63, 3.8) is 0 Å². The lowest BCUT2D eigenvalue weighted by molar-refractivity contribution is 0.164. The zero-order chi connectivity index (χ0) is 22.8. The summed E-state index contributed by atoms with van der Waals surface area (Å²) >= 11 is 6.01. The number of rotatable bonds is 6. The molecule has 1 N–H and O–H groups in total. The summed E-state index contributed by atoms with van der Waals surface area (Å²) in [5.74, 6) is 0.490. The first-order valence-corrected chi connectivity index (χ1v) is 13.0. The van der Waals surface area contributed by atoms with Gasteiger partial charge in [0.25, 0.3) is 0 Å². The highest BCUT2D eigenvalue weighted by Crippen LogP contribution is 2.79. The Bertz CT molecular complexity index is 1280. The molecule has 1 heterocycles. The molecule has 7 nitrogen and oxygen atoms in total. The molecule has 3 aliphatic rings. The fraction of sp³-hybridized carbons (Fsp3) is 0.417. The van der Waals surface area contributed by atoms with E-state index in [1.54, 1.807) is 28.6 Å². The molecule has 9 heteroatoms. The van der Waals surface area contributed by atoms with Gasteiger partial charge in [-0.1, -0.05) is 47.4 Å². The molecule has 3 aromatic rings. The Morgan fingerprint density at radius 2 is 1.76 bits per heavy atom. The van der Waals surface area contributed by atoms with Crippen molar-refractivity contribution in [1.29, 1.82) is 0 Å². The van der Waals surface area contributed by atoms with Crippen LogP contribution in [0.4, 0.5) is 0 Å². The van der Waals surface area contributed by atoms with E-state index in [4.69, 9.17) is 16.1 Å². The number of halogens is 1. The van der Waals surface area contributed by atoms with Crippen molar-refractivity contribution in [3.05, 3.63) is 65.5 Å². The molecule has 3 saturated carbocycles. The lowest BCUT2D eigenvalue weighted by Crippen LogP contribution is -2.37. The fourth-order valence-corrected chi connectivity index (χ4v) is 7.92. The molecule has 4 atom stereocenters. The van der Waals surface area contributed by atoms with E-state index in [1.165, 1.54) is 6.39 Å². The van der Waals surface area contributed by atoms with E-state index in [0.717, 1.165) is 43.2 Å². The number of aliphatic hydroxyl groups excluding tert-OH is 1. The highest BCUT2D eigenvalue weighted by Gasteiger charge is 2.78. The summed E-state index contributed by atoms with van der Waals surface area (Å²) in [7, 11) is -3.76. The zero-order valence-corrected chi connectivity index (χ0v) is 19.5. The number of fused-ring (bicyclic) bond motifs is 1. The second kappa shape index (κ2) is 7.37. The van der Waals surface area contributed by atoms with Crippen LogP contribution in [-0.4, -0.2) is 40.1 Å². The Kier molecular flexibility index (Phi) is 4.75. The third kappa shape index (κ3) is 3.26. The summed E-state index contributed by atoms with van der Waals surface area (Å²) in [5, 5.41) is 14.8. The van der Waals surface area contributed by atoms with Crippen LogP contribution in [0.5, 0.6) is 0 Å². The molecule has 3 fully saturated rings. The summed E-state index contributed by atoms with van der Waals surface area (Å²) in [4.78, 5) is 4.30. The highest BCUT2D eigenvalue weighted by molar-refractivity contribution is 7.89. The molecule has 2 aromatic carbocycles. The number of benzene rings is 2. The molecule has 1 aromatic heterocycles. The van der Waals surface area contributed by atoms with Crippen LogP contribution in [0.3, 0.4) is 0 Å². The van der Waals surface area contributed by atoms with E-state index >= 15 is 0 Å². The SMILES string of the molecule is O=S(=O)(c1ccc(Cl)cc1)N(Cc1ccc(-c2ncon2)cc1)C1CC12CCCC21C[C@@H]1O. The lowest BCUT2D eigenvalue weighted by atomic mass is 9.88. The molecule has 3 aliphatic carbocycles. The molecule has 2 spiro atoms. The van der Waals surface area contributed by atoms with Crippen LogP contribution in [0.15, 0.2) is 64.3 Å². The zero-order valence-electron chi connectivity index (χ0n) is 17.9. The van der Waals surface area contributed by atoms with E-state index < -0.39 is 10.0 Å². The molecule has 172 valence electrons. The number of nitrogens with zero attached hydrogens (tertiary/aromatic N) is 3. The van der Waals surface area contributed by atoms with Gasteiger partial charge in [-0.3, -0.25) is 0 Å². The lowest BCUT2D eigenvalue weighted by Gasteiger charge is -2.28. The maximum Gasteiger partial charge on any atom is 0.243 e. The van der Waals surface area contributed by atoms with Gasteiger partial charge in [0, 0.05) is 28.6 Å². The van der Waals surface area contributed by atoms with Crippen molar-refractivity contribution < 1.29 is 18.0 Å². The molecule has 0 bridgehead atoms. The number of sulfonamides is 1. The topological polar surface area (TPSA) is 96.5 Å². The van der Waals surface area contributed by atoms with Gasteiger partial charge < -0.3 is 9.63 Å². The molecule has 0 aliphatic heterocycles. The molecule has 0 amide bonds. The summed E-state index contributed by atoms with van der Waals surface area (Å²) in [5.41, 5.74) is 1.47. The van der Waals surface area contributed by atoms with Gasteiger partial charge in [0.2, 0.25) is 22.2 Å². The monoisotopic (exact) mass is 485 g/mol. The van der Waals surface area contributed by atoms with E-state index in [2.05, 4.69) is 10.1 Å². The van der Waals surface area contributed by atoms with Gasteiger partial charge in [0.05, 0.1) is 11.0 Å². The Morgan fingerprint density at radius 1 is 1.06 bits per heavy atom. The van der Waals surface area contributed by atoms with Crippen LogP contribution in [-0.2, 0) is 16.6 Å². The third-order valence-corrected chi connectivity index (χ3v) is 10.1. The number of hydrogen-bond donors (Lipinski definition) is 1. The van der Waals surface area contributed by atoms with E-state index in [0.29, 0.717) is 10.8 Å². The molecular weight excluding hydrogens is 462 g/mol. The van der Waals surface area contributed by atoms with Gasteiger partial charge in [-0.2, -0.15) is 9.29 Å². The van der Waals surface area contributed by atoms with Gasteiger partial charge in [0.15, 0.2) is 0 Å². The van der Waals surface area contributed by atoms with Crippen LogP contribution < -0.4 is 0 Å². The minimum atomic E-state index is -3.76. The Labute approximate surface area is 197 Å². The minimum Gasteiger partial charge on any atom is -0.393 e. The van der Waals surface area contributed by atoms with Crippen molar-refractivity contribution in [2.45, 2.75) is 55.7 Å². The average Bonchev–Trinajstić information content (AvgIpc) is 3.50. The minimum absolute atomic E-state index is 0.103. The van der Waals surface area contributed by atoms with Gasteiger partial charge in [0.1, 0.15) is 0 Å². The first kappa shape index (κ1) is 21.3. The van der Waals surface area contributed by atoms with Gasteiger partial charge in [-0.05, 0) is 60.9 Å². The maximum atomic E-state index is 13.8. The first-order valence-electron chi connectivity index (χ1n) is 11.2. The average molecular weight is 486 g/mol. The molecule has 33 heavy (non-hydrogen) atoms. The van der Waals surface area contributed by atoms with Gasteiger partial charge in [-0.15, -0.1) is 0 Å². The summed E-state index contributed by atoms with van der Waals surface area (Å²) in [6, 6.07) is 13.8. The van der Waals surface area contributed by atoms with Crippen LogP contribution in [0.2, 0.25) is 5.02 Å². The van der Waals surface area contributed by atoms with Crippen molar-refractivity contribution in [2.24, 2.45) is 10.8 Å². The van der Waals surface area contributed by atoms with E-state index in [9.17, 15) is 13.5 Å². The van der Waals surface area contributed by atoms with Crippen LogP contribution in [0.1, 0.15) is 37.7 Å². The number of aromatic nitrogens is 2. The summed E-state index contributed by atoms with van der Waals surface area (Å²) in [6.07, 6.45) is 5.56. The Hall–Kier alpha value is -2.26. The molecule has 0 radical (unpaired) electrons. The summed E-state index contributed by atoms with van der Waals surface area (Å²) < 4.78 is 34.1. The van der Waals surface area contributed by atoms with E-state index in [1.807, 2.05) is 24.3 Å². The normalized spacial score (nSPS) is 30.4. The Balaban J connectivity index is 1.34.